The first-order chi connectivity index (χ1) is 5.41. The van der Waals surface area contributed by atoms with Gasteiger partial charge in [-0.1, -0.05) is 0 Å². The quantitative estimate of drug-likeness (QED) is 0.231. The van der Waals surface area contributed by atoms with Crippen LogP contribution < -0.4 is 5.73 Å². The third-order valence-electron chi connectivity index (χ3n) is 0. The molecule has 0 bridgehead atoms. The number of carbonyl (C=O) groups excluding carboxylic acids is 1. The van der Waals surface area contributed by atoms with E-state index in [1.807, 2.05) is 0 Å². The Morgan fingerprint density at radius 2 is 0.846 bits per heavy atom. The van der Waals surface area contributed by atoms with E-state index >= 15 is 0 Å². The van der Waals surface area contributed by atoms with E-state index in [1.54, 1.807) is 0 Å². The second-order valence-electron chi connectivity index (χ2n) is 1.03. The van der Waals surface area contributed by atoms with Crippen LogP contribution in [0.25, 0.3) is 0 Å². The lowest BCUT2D eigenvalue weighted by atomic mass is 11.5. The van der Waals surface area contributed by atoms with Gasteiger partial charge in [0.25, 0.3) is 0 Å². The van der Waals surface area contributed by atoms with E-state index in [-0.39, 0.29) is 6.41 Å². The molecule has 1 amide bonds. The second-order valence-corrected chi connectivity index (χ2v) is 2.82. The van der Waals surface area contributed by atoms with E-state index in [0.717, 1.165) is 0 Å². The van der Waals surface area contributed by atoms with Gasteiger partial charge in [-0.15, -0.1) is 0 Å². The van der Waals surface area contributed by atoms with Crippen LogP contribution in [0.2, 0.25) is 0 Å². The fraction of sp³-hybridized carbons (Fsp3) is 0. The molecular formula is CH7NO9S2. The molecule has 0 aromatic rings. The van der Waals surface area contributed by atoms with Gasteiger partial charge in [-0.3, -0.25) is 23.0 Å². The van der Waals surface area contributed by atoms with Crippen molar-refractivity contribution in [2.45, 2.75) is 0 Å². The van der Waals surface area contributed by atoms with Gasteiger partial charge < -0.3 is 5.73 Å². The number of carbonyl (C=O) groups is 1. The molecule has 10 nitrogen and oxygen atoms in total. The van der Waals surface area contributed by atoms with Crippen LogP contribution in [0.1, 0.15) is 0 Å². The summed E-state index contributed by atoms with van der Waals surface area (Å²) in [5.74, 6) is 0. The molecule has 0 radical (unpaired) electrons. The molecule has 12 heteroatoms. The zero-order chi connectivity index (χ0) is 11.7. The van der Waals surface area contributed by atoms with E-state index in [9.17, 15) is 0 Å². The molecule has 0 aliphatic heterocycles. The molecule has 0 rings (SSSR count). The van der Waals surface area contributed by atoms with E-state index in [2.05, 4.69) is 5.73 Å². The monoisotopic (exact) mass is 241 g/mol. The average Bonchev–Trinajstić information content (AvgIpc) is 1.52. The van der Waals surface area contributed by atoms with Gasteiger partial charge >= 0.3 is 20.8 Å². The molecule has 0 spiro atoms. The van der Waals surface area contributed by atoms with Crippen molar-refractivity contribution in [2.24, 2.45) is 5.73 Å². The summed E-state index contributed by atoms with van der Waals surface area (Å²) in [4.78, 5) is 8.58. The topological polar surface area (TPSA) is 192 Å². The Morgan fingerprint density at radius 3 is 0.846 bits per heavy atom. The fourth-order valence-electron chi connectivity index (χ4n) is 0. The summed E-state index contributed by atoms with van der Waals surface area (Å²) in [5.41, 5.74) is 4.17. The largest absolute Gasteiger partial charge is 0.394 e. The number of nitrogens with two attached hydrogens (primary N) is 1. The summed E-state index contributed by atoms with van der Waals surface area (Å²) < 4.78 is 63.2. The van der Waals surface area contributed by atoms with Gasteiger partial charge in [0, 0.05) is 0 Å². The highest BCUT2D eigenvalue weighted by Crippen LogP contribution is 1.59. The summed E-state index contributed by atoms with van der Waals surface area (Å²) in [5, 5.41) is 0. The Bertz CT molecular complexity index is 251. The first-order valence-electron chi connectivity index (χ1n) is 1.97. The molecule has 0 saturated carbocycles. The smallest absolute Gasteiger partial charge is 0.372 e. The lowest BCUT2D eigenvalue weighted by Gasteiger charge is -1.68. The highest BCUT2D eigenvalue weighted by Gasteiger charge is 1.85. The summed E-state index contributed by atoms with van der Waals surface area (Å²) in [6.07, 6.45) is 0.250. The van der Waals surface area contributed by atoms with Crippen molar-refractivity contribution in [2.75, 3.05) is 0 Å². The Kier molecular flexibility index (Phi) is 10.9. The maximum atomic E-state index is 8.74. The first-order valence-corrected chi connectivity index (χ1v) is 4.76. The maximum Gasteiger partial charge on any atom is 0.394 e. The molecule has 6 N–H and O–H groups in total. The molecule has 0 aromatic carbocycles. The molecule has 0 aromatic heterocycles. The minimum Gasteiger partial charge on any atom is -0.372 e. The van der Waals surface area contributed by atoms with Gasteiger partial charge in [0.2, 0.25) is 6.41 Å². The van der Waals surface area contributed by atoms with Crippen molar-refractivity contribution < 1.29 is 39.8 Å². The van der Waals surface area contributed by atoms with Gasteiger partial charge in [0.1, 0.15) is 0 Å². The first kappa shape index (κ1) is 18.1. The van der Waals surface area contributed by atoms with Gasteiger partial charge in [-0.2, -0.15) is 16.8 Å². The number of hydrogen-bond acceptors (Lipinski definition) is 5. The Hall–Kier alpha value is -0.790. The minimum atomic E-state index is -4.67. The van der Waals surface area contributed by atoms with Gasteiger partial charge in [0.15, 0.2) is 0 Å². The van der Waals surface area contributed by atoms with Crippen LogP contribution in [-0.2, 0) is 25.6 Å². The van der Waals surface area contributed by atoms with Gasteiger partial charge in [-0.25, -0.2) is 0 Å². The van der Waals surface area contributed by atoms with Crippen molar-refractivity contribution in [3.63, 3.8) is 0 Å². The second kappa shape index (κ2) is 7.84. The normalized spacial score (nSPS) is 9.85. The van der Waals surface area contributed by atoms with E-state index in [4.69, 9.17) is 39.8 Å². The predicted octanol–water partition coefficient (Wildman–Crippen LogP) is -2.20. The van der Waals surface area contributed by atoms with E-state index in [0.29, 0.717) is 0 Å². The summed E-state index contributed by atoms with van der Waals surface area (Å²) in [6.45, 7) is 0. The zero-order valence-electron chi connectivity index (χ0n) is 5.80. The van der Waals surface area contributed by atoms with Crippen molar-refractivity contribution in [1.29, 1.82) is 0 Å². The van der Waals surface area contributed by atoms with Crippen LogP contribution in [0, 0.1) is 0 Å². The Labute approximate surface area is 73.5 Å². The van der Waals surface area contributed by atoms with Crippen molar-refractivity contribution >= 4 is 27.2 Å². The highest BCUT2D eigenvalue weighted by atomic mass is 32.3. The van der Waals surface area contributed by atoms with Crippen LogP contribution in [0.3, 0.4) is 0 Å². The van der Waals surface area contributed by atoms with Crippen LogP contribution in [-0.4, -0.2) is 41.5 Å². The lowest BCUT2D eigenvalue weighted by Crippen LogP contribution is -1.89. The van der Waals surface area contributed by atoms with Gasteiger partial charge in [0.05, 0.1) is 0 Å². The maximum absolute atomic E-state index is 8.74. The van der Waals surface area contributed by atoms with Crippen LogP contribution in [0.4, 0.5) is 0 Å². The fourth-order valence-corrected chi connectivity index (χ4v) is 0. The lowest BCUT2D eigenvalue weighted by molar-refractivity contribution is -0.106. The number of primary amides is 1. The SMILES string of the molecule is NC=O.O=S(=O)(O)O.O=S(=O)(O)O. The minimum absolute atomic E-state index is 0.250. The van der Waals surface area contributed by atoms with Gasteiger partial charge in [-0.05, 0) is 0 Å². The summed E-state index contributed by atoms with van der Waals surface area (Å²) >= 11 is 0. The molecule has 0 aliphatic carbocycles. The van der Waals surface area contributed by atoms with E-state index in [1.165, 1.54) is 0 Å². The molecule has 13 heavy (non-hydrogen) atoms. The predicted molar refractivity (Wildman–Crippen MR) is 38.6 cm³/mol. The average molecular weight is 241 g/mol. The molecule has 0 saturated heterocycles. The van der Waals surface area contributed by atoms with Crippen molar-refractivity contribution in [3.8, 4) is 0 Å². The Morgan fingerprint density at radius 1 is 0.846 bits per heavy atom. The van der Waals surface area contributed by atoms with Crippen molar-refractivity contribution in [1.82, 2.24) is 0 Å². The molecule has 0 unspecified atom stereocenters. The number of hydrogen-bond donors (Lipinski definition) is 5. The molecular weight excluding hydrogens is 234 g/mol. The van der Waals surface area contributed by atoms with Crippen LogP contribution >= 0.6 is 0 Å². The Balaban J connectivity index is -0.000000120. The highest BCUT2D eigenvalue weighted by molar-refractivity contribution is 7.80. The molecule has 0 heterocycles. The molecule has 0 atom stereocenters. The van der Waals surface area contributed by atoms with Crippen molar-refractivity contribution in [3.05, 3.63) is 0 Å². The van der Waals surface area contributed by atoms with Crippen LogP contribution in [0.5, 0.6) is 0 Å². The zero-order valence-corrected chi connectivity index (χ0v) is 7.43. The third kappa shape index (κ3) is 1520. The number of amides is 1. The standard InChI is InChI=1S/CH3NO.2H2O4S/c2-1-3;2*1-5(2,3)4/h1H,(H2,2,3);2*(H2,1,2,3,4). The van der Waals surface area contributed by atoms with E-state index < -0.39 is 20.8 Å². The third-order valence-corrected chi connectivity index (χ3v) is 0. The molecule has 0 aliphatic rings. The molecule has 82 valence electrons. The van der Waals surface area contributed by atoms with Crippen LogP contribution in [0.15, 0.2) is 0 Å². The number of rotatable bonds is 0. The molecule has 0 fully saturated rings. The summed E-state index contributed by atoms with van der Waals surface area (Å²) in [6, 6.07) is 0. The summed E-state index contributed by atoms with van der Waals surface area (Å²) in [7, 11) is -9.33.